The van der Waals surface area contributed by atoms with Crippen molar-refractivity contribution in [2.24, 2.45) is 0 Å². The van der Waals surface area contributed by atoms with E-state index in [1.54, 1.807) is 18.9 Å². The lowest BCUT2D eigenvalue weighted by Gasteiger charge is -2.23. The third-order valence-electron chi connectivity index (χ3n) is 4.86. The van der Waals surface area contributed by atoms with Gasteiger partial charge in [0.15, 0.2) is 0 Å². The summed E-state index contributed by atoms with van der Waals surface area (Å²) in [5.74, 6) is 0.0224. The summed E-state index contributed by atoms with van der Waals surface area (Å²) in [4.78, 5) is 17.4. The molecule has 0 aliphatic carbocycles. The van der Waals surface area contributed by atoms with Crippen LogP contribution in [0.4, 0.5) is 28.4 Å². The Morgan fingerprint density at radius 2 is 0.889 bits per heavy atom. The third-order valence-corrected chi connectivity index (χ3v) is 4.86. The minimum absolute atomic E-state index is 0.0224. The van der Waals surface area contributed by atoms with Crippen molar-refractivity contribution in [2.45, 2.75) is 6.92 Å². The summed E-state index contributed by atoms with van der Waals surface area (Å²) in [5, 5.41) is 0. The quantitative estimate of drug-likeness (QED) is 0.626. The maximum Gasteiger partial charge on any atom is 0.223 e. The molecular weight excluding hydrogens is 334 g/mol. The summed E-state index contributed by atoms with van der Waals surface area (Å²) in [7, 11) is 5.89. The highest BCUT2D eigenvalue weighted by molar-refractivity contribution is 5.91. The van der Waals surface area contributed by atoms with Crippen LogP contribution in [0.15, 0.2) is 78.9 Å². The highest BCUT2D eigenvalue weighted by Crippen LogP contribution is 2.29. The van der Waals surface area contributed by atoms with Gasteiger partial charge >= 0.3 is 0 Å². The zero-order valence-electron chi connectivity index (χ0n) is 16.3. The van der Waals surface area contributed by atoms with Gasteiger partial charge in [0.25, 0.3) is 0 Å². The van der Waals surface area contributed by atoms with Gasteiger partial charge in [-0.1, -0.05) is 18.2 Å². The van der Waals surface area contributed by atoms with E-state index in [9.17, 15) is 4.79 Å². The normalized spacial score (nSPS) is 10.4. The zero-order valence-corrected chi connectivity index (χ0v) is 16.3. The lowest BCUT2D eigenvalue weighted by atomic mass is 10.2. The molecule has 0 unspecified atom stereocenters. The van der Waals surface area contributed by atoms with Gasteiger partial charge in [-0.05, 0) is 60.7 Å². The molecule has 0 N–H and O–H groups in total. The molecule has 0 radical (unpaired) electrons. The van der Waals surface area contributed by atoms with Crippen LogP contribution in [-0.4, -0.2) is 27.1 Å². The second-order valence-corrected chi connectivity index (χ2v) is 6.56. The Morgan fingerprint density at radius 3 is 1.26 bits per heavy atom. The fraction of sp³-hybridized carbons (Fsp3) is 0.174. The van der Waals surface area contributed by atoms with Crippen LogP contribution in [0.5, 0.6) is 0 Å². The van der Waals surface area contributed by atoms with Crippen molar-refractivity contribution in [3.63, 3.8) is 0 Å². The van der Waals surface area contributed by atoms with E-state index in [0.717, 1.165) is 28.4 Å². The van der Waals surface area contributed by atoms with E-state index in [0.29, 0.717) is 0 Å². The van der Waals surface area contributed by atoms with Gasteiger partial charge in [0.2, 0.25) is 5.91 Å². The molecule has 0 saturated heterocycles. The number of amides is 1. The predicted octanol–water partition coefficient (Wildman–Crippen LogP) is 5.21. The fourth-order valence-corrected chi connectivity index (χ4v) is 2.93. The van der Waals surface area contributed by atoms with Crippen LogP contribution in [0, 0.1) is 0 Å². The van der Waals surface area contributed by atoms with Gasteiger partial charge in [-0.25, -0.2) is 0 Å². The summed E-state index contributed by atoms with van der Waals surface area (Å²) >= 11 is 0. The molecule has 0 aromatic heterocycles. The van der Waals surface area contributed by atoms with E-state index in [-0.39, 0.29) is 5.91 Å². The number of benzene rings is 3. The molecule has 0 fully saturated rings. The number of carbonyl (C=O) groups is 1. The molecule has 0 saturated carbocycles. The van der Waals surface area contributed by atoms with E-state index in [2.05, 4.69) is 53.2 Å². The number of anilines is 5. The molecule has 138 valence electrons. The SMILES string of the molecule is CC(=O)N(C)c1ccc(N(C)c2ccc(N(C)c3ccccc3)cc2)cc1. The summed E-state index contributed by atoms with van der Waals surface area (Å²) in [6.07, 6.45) is 0. The summed E-state index contributed by atoms with van der Waals surface area (Å²) in [5.41, 5.74) is 5.35. The highest BCUT2D eigenvalue weighted by atomic mass is 16.2. The van der Waals surface area contributed by atoms with Crippen molar-refractivity contribution in [1.29, 1.82) is 0 Å². The molecule has 0 atom stereocenters. The first-order valence-corrected chi connectivity index (χ1v) is 8.94. The monoisotopic (exact) mass is 359 g/mol. The van der Waals surface area contributed by atoms with Crippen LogP contribution >= 0.6 is 0 Å². The first kappa shape index (κ1) is 18.5. The molecule has 3 aromatic rings. The van der Waals surface area contributed by atoms with Crippen molar-refractivity contribution in [2.75, 3.05) is 35.8 Å². The maximum atomic E-state index is 11.5. The van der Waals surface area contributed by atoms with Gasteiger partial charge in [-0.2, -0.15) is 0 Å². The molecule has 1 amide bonds. The number of hydrogen-bond acceptors (Lipinski definition) is 3. The predicted molar refractivity (Wildman–Crippen MR) is 115 cm³/mol. The van der Waals surface area contributed by atoms with Crippen LogP contribution in [0.2, 0.25) is 0 Å². The second-order valence-electron chi connectivity index (χ2n) is 6.56. The number of hydrogen-bond donors (Lipinski definition) is 0. The molecular formula is C23H25N3O. The van der Waals surface area contributed by atoms with Crippen molar-refractivity contribution in [1.82, 2.24) is 0 Å². The number of para-hydroxylation sites is 1. The van der Waals surface area contributed by atoms with Gasteiger partial charge < -0.3 is 14.7 Å². The third kappa shape index (κ3) is 4.11. The summed E-state index contributed by atoms with van der Waals surface area (Å²) in [6, 6.07) is 26.8. The Labute approximate surface area is 161 Å². The lowest BCUT2D eigenvalue weighted by Crippen LogP contribution is -2.22. The summed E-state index contributed by atoms with van der Waals surface area (Å²) in [6.45, 7) is 1.56. The Morgan fingerprint density at radius 1 is 0.556 bits per heavy atom. The van der Waals surface area contributed by atoms with Crippen LogP contribution in [0.1, 0.15) is 6.92 Å². The second kappa shape index (κ2) is 7.96. The smallest absolute Gasteiger partial charge is 0.223 e. The molecule has 4 heteroatoms. The van der Waals surface area contributed by atoms with E-state index in [4.69, 9.17) is 0 Å². The van der Waals surface area contributed by atoms with E-state index in [1.807, 2.05) is 49.5 Å². The molecule has 0 bridgehead atoms. The maximum absolute atomic E-state index is 11.5. The standard InChI is InChI=1S/C23H25N3O/c1-18(27)24(2)20-10-12-22(13-11-20)26(4)23-16-14-21(15-17-23)25(3)19-8-6-5-7-9-19/h5-17H,1-4H3. The Kier molecular flexibility index (Phi) is 5.46. The van der Waals surface area contributed by atoms with Crippen molar-refractivity contribution in [3.05, 3.63) is 78.9 Å². The largest absolute Gasteiger partial charge is 0.345 e. The topological polar surface area (TPSA) is 26.8 Å². The molecule has 3 aromatic carbocycles. The van der Waals surface area contributed by atoms with E-state index in [1.165, 1.54) is 0 Å². The lowest BCUT2D eigenvalue weighted by molar-refractivity contribution is -0.116. The first-order valence-electron chi connectivity index (χ1n) is 8.94. The van der Waals surface area contributed by atoms with Gasteiger partial charge in [0.1, 0.15) is 0 Å². The minimum atomic E-state index is 0.0224. The van der Waals surface area contributed by atoms with Gasteiger partial charge in [0.05, 0.1) is 0 Å². The van der Waals surface area contributed by atoms with Crippen LogP contribution in [-0.2, 0) is 4.79 Å². The average Bonchev–Trinajstić information content (AvgIpc) is 2.73. The van der Waals surface area contributed by atoms with Crippen LogP contribution in [0.25, 0.3) is 0 Å². The number of carbonyl (C=O) groups excluding carboxylic acids is 1. The van der Waals surface area contributed by atoms with Crippen LogP contribution in [0.3, 0.4) is 0 Å². The van der Waals surface area contributed by atoms with Gasteiger partial charge in [-0.15, -0.1) is 0 Å². The average molecular weight is 359 g/mol. The van der Waals surface area contributed by atoms with Crippen molar-refractivity contribution < 1.29 is 4.79 Å². The number of rotatable bonds is 5. The number of nitrogens with zero attached hydrogens (tertiary/aromatic N) is 3. The van der Waals surface area contributed by atoms with Crippen LogP contribution < -0.4 is 14.7 Å². The molecule has 3 rings (SSSR count). The minimum Gasteiger partial charge on any atom is -0.345 e. The first-order chi connectivity index (χ1) is 13.0. The zero-order chi connectivity index (χ0) is 19.4. The Hall–Kier alpha value is -3.27. The Bertz CT molecular complexity index is 889. The molecule has 0 aliphatic rings. The Balaban J connectivity index is 1.76. The highest BCUT2D eigenvalue weighted by Gasteiger charge is 2.09. The molecule has 0 aliphatic heterocycles. The fourth-order valence-electron chi connectivity index (χ4n) is 2.93. The van der Waals surface area contributed by atoms with Crippen molar-refractivity contribution in [3.8, 4) is 0 Å². The van der Waals surface area contributed by atoms with E-state index < -0.39 is 0 Å². The van der Waals surface area contributed by atoms with Crippen molar-refractivity contribution >= 4 is 34.3 Å². The summed E-state index contributed by atoms with van der Waals surface area (Å²) < 4.78 is 0. The van der Waals surface area contributed by atoms with E-state index >= 15 is 0 Å². The molecule has 0 heterocycles. The molecule has 0 spiro atoms. The molecule has 4 nitrogen and oxygen atoms in total. The van der Waals surface area contributed by atoms with Gasteiger partial charge in [0, 0.05) is 56.5 Å². The molecule has 27 heavy (non-hydrogen) atoms. The van der Waals surface area contributed by atoms with Gasteiger partial charge in [-0.3, -0.25) is 4.79 Å².